The highest BCUT2D eigenvalue weighted by Gasteiger charge is 2.34. The number of hydrogen-bond acceptors (Lipinski definition) is 9. The van der Waals surface area contributed by atoms with E-state index in [2.05, 4.69) is 25.2 Å². The number of fused-ring (bicyclic) bond motifs is 2. The Kier molecular flexibility index (Phi) is 5.82. The third kappa shape index (κ3) is 4.08. The van der Waals surface area contributed by atoms with Crippen LogP contribution < -0.4 is 4.90 Å². The molecule has 182 valence electrons. The average molecular weight is 519 g/mol. The Labute approximate surface area is 212 Å². The summed E-state index contributed by atoms with van der Waals surface area (Å²) in [6.45, 7) is 3.69. The first-order valence-electron chi connectivity index (χ1n) is 11.5. The molecule has 3 aromatic heterocycles. The number of nitrogens with zero attached hydrogens (tertiary/aromatic N) is 6. The Morgan fingerprint density at radius 2 is 1.67 bits per heavy atom. The molecule has 4 heterocycles. The summed E-state index contributed by atoms with van der Waals surface area (Å²) >= 11 is 1.35. The first-order chi connectivity index (χ1) is 17.5. The fourth-order valence-electron chi connectivity index (χ4n) is 4.41. The summed E-state index contributed by atoms with van der Waals surface area (Å²) in [4.78, 5) is 12.7. The molecular formula is C25H22N6O3S2. The van der Waals surface area contributed by atoms with Crippen LogP contribution in [0.3, 0.4) is 0 Å². The zero-order chi connectivity index (χ0) is 24.7. The Hall–Kier alpha value is -3.54. The summed E-state index contributed by atoms with van der Waals surface area (Å²) in [6, 6.07) is 19.1. The van der Waals surface area contributed by atoms with E-state index in [1.807, 2.05) is 55.5 Å². The second kappa shape index (κ2) is 9.16. The maximum absolute atomic E-state index is 14.0. The molecule has 0 amide bonds. The molecule has 0 N–H and O–H groups in total. The van der Waals surface area contributed by atoms with Gasteiger partial charge in [0.2, 0.25) is 10.0 Å². The molecule has 6 rings (SSSR count). The van der Waals surface area contributed by atoms with Gasteiger partial charge in [-0.05, 0) is 53.6 Å². The molecule has 0 atom stereocenters. The van der Waals surface area contributed by atoms with Gasteiger partial charge in [-0.1, -0.05) is 36.0 Å². The van der Waals surface area contributed by atoms with Crippen LogP contribution in [0.2, 0.25) is 0 Å². The summed E-state index contributed by atoms with van der Waals surface area (Å²) in [5, 5.41) is 8.85. The lowest BCUT2D eigenvalue weighted by Crippen LogP contribution is -2.49. The zero-order valence-electron chi connectivity index (χ0n) is 19.4. The quantitative estimate of drug-likeness (QED) is 0.339. The second-order valence-electron chi connectivity index (χ2n) is 8.49. The lowest BCUT2D eigenvalue weighted by molar-refractivity contribution is 0.314. The highest BCUT2D eigenvalue weighted by Crippen LogP contribution is 2.40. The van der Waals surface area contributed by atoms with E-state index in [9.17, 15) is 8.42 Å². The van der Waals surface area contributed by atoms with Crippen LogP contribution in [0.15, 0.2) is 86.2 Å². The van der Waals surface area contributed by atoms with Crippen LogP contribution in [0.25, 0.3) is 21.9 Å². The summed E-state index contributed by atoms with van der Waals surface area (Å²) in [7, 11) is -3.89. The van der Waals surface area contributed by atoms with Gasteiger partial charge in [0, 0.05) is 53.2 Å². The van der Waals surface area contributed by atoms with E-state index in [0.717, 1.165) is 27.3 Å². The van der Waals surface area contributed by atoms with Crippen molar-refractivity contribution in [3.05, 3.63) is 72.6 Å². The summed E-state index contributed by atoms with van der Waals surface area (Å²) < 4.78 is 34.5. The first-order valence-corrected chi connectivity index (χ1v) is 13.7. The van der Waals surface area contributed by atoms with Gasteiger partial charge < -0.3 is 4.90 Å². The minimum atomic E-state index is -3.89. The lowest BCUT2D eigenvalue weighted by Gasteiger charge is -2.35. The van der Waals surface area contributed by atoms with Crippen LogP contribution in [0, 0.1) is 6.92 Å². The normalized spacial score (nSPS) is 15.1. The van der Waals surface area contributed by atoms with Crippen molar-refractivity contribution >= 4 is 49.5 Å². The molecule has 2 aromatic carbocycles. The molecule has 36 heavy (non-hydrogen) atoms. The van der Waals surface area contributed by atoms with Crippen molar-refractivity contribution in [1.82, 2.24) is 24.6 Å². The van der Waals surface area contributed by atoms with Crippen molar-refractivity contribution < 1.29 is 13.0 Å². The van der Waals surface area contributed by atoms with Crippen molar-refractivity contribution in [2.45, 2.75) is 21.6 Å². The van der Waals surface area contributed by atoms with Crippen LogP contribution in [0.5, 0.6) is 0 Å². The molecule has 1 fully saturated rings. The Morgan fingerprint density at radius 1 is 0.861 bits per heavy atom. The van der Waals surface area contributed by atoms with E-state index < -0.39 is 10.0 Å². The Bertz CT molecular complexity index is 1670. The van der Waals surface area contributed by atoms with Crippen LogP contribution in [0.1, 0.15) is 5.69 Å². The van der Waals surface area contributed by atoms with Gasteiger partial charge in [0.1, 0.15) is 16.2 Å². The van der Waals surface area contributed by atoms with Crippen LogP contribution in [-0.4, -0.2) is 59.2 Å². The molecule has 0 aliphatic carbocycles. The van der Waals surface area contributed by atoms with Gasteiger partial charge in [0.15, 0.2) is 5.52 Å². The number of para-hydroxylation sites is 1. The molecule has 1 aliphatic rings. The van der Waals surface area contributed by atoms with Gasteiger partial charge >= 0.3 is 0 Å². The largest absolute Gasteiger partial charge is 0.354 e. The minimum Gasteiger partial charge on any atom is -0.354 e. The number of rotatable bonds is 5. The lowest BCUT2D eigenvalue weighted by atomic mass is 10.2. The number of pyridine rings is 2. The number of aromatic nitrogens is 4. The average Bonchev–Trinajstić information content (AvgIpc) is 3.37. The maximum Gasteiger partial charge on any atom is 0.246 e. The number of aryl methyl sites for hydroxylation is 1. The number of hydrogen-bond donors (Lipinski definition) is 0. The second-order valence-corrected chi connectivity index (χ2v) is 11.4. The van der Waals surface area contributed by atoms with Crippen molar-refractivity contribution in [1.29, 1.82) is 0 Å². The van der Waals surface area contributed by atoms with Gasteiger partial charge in [-0.2, -0.15) is 4.31 Å². The molecule has 5 aromatic rings. The maximum atomic E-state index is 14.0. The molecule has 1 saturated heterocycles. The van der Waals surface area contributed by atoms with Gasteiger partial charge in [-0.25, -0.2) is 18.0 Å². The third-order valence-electron chi connectivity index (χ3n) is 6.20. The predicted molar refractivity (Wildman–Crippen MR) is 138 cm³/mol. The van der Waals surface area contributed by atoms with Crippen LogP contribution in [-0.2, 0) is 10.0 Å². The third-order valence-corrected chi connectivity index (χ3v) is 9.41. The predicted octanol–water partition coefficient (Wildman–Crippen LogP) is 4.14. The molecule has 0 saturated carbocycles. The molecule has 0 radical (unpaired) electrons. The van der Waals surface area contributed by atoms with E-state index in [1.54, 1.807) is 18.3 Å². The van der Waals surface area contributed by atoms with Gasteiger partial charge in [-0.15, -0.1) is 0 Å². The topological polar surface area (TPSA) is 105 Å². The SMILES string of the molecule is Cc1cccc(N2CCN(S(=O)(=O)c3c(Sc4cccc5cccnc45)ccc4nonc34)CC2)n1. The molecular weight excluding hydrogens is 496 g/mol. The standard InChI is InChI=1S/C25H22N6O3S2/c1-17-5-2-9-22(27-17)30-13-15-31(16-14-30)36(32,33)25-21(11-10-19-24(25)29-34-28-19)35-20-8-3-6-18-7-4-12-26-23(18)20/h2-12H,13-16H2,1H3. The number of anilines is 1. The molecule has 11 heteroatoms. The number of benzene rings is 2. The molecule has 0 unspecified atom stereocenters. The molecule has 0 bridgehead atoms. The van der Waals surface area contributed by atoms with E-state index in [0.29, 0.717) is 36.6 Å². The van der Waals surface area contributed by atoms with Crippen molar-refractivity contribution in [3.63, 3.8) is 0 Å². The van der Waals surface area contributed by atoms with Gasteiger partial charge in [0.25, 0.3) is 0 Å². The van der Waals surface area contributed by atoms with Crippen molar-refractivity contribution in [2.24, 2.45) is 0 Å². The number of sulfonamides is 1. The first kappa shape index (κ1) is 22.9. The van der Waals surface area contributed by atoms with E-state index >= 15 is 0 Å². The van der Waals surface area contributed by atoms with Crippen LogP contribution in [0.4, 0.5) is 5.82 Å². The number of piperazine rings is 1. The smallest absolute Gasteiger partial charge is 0.246 e. The zero-order valence-corrected chi connectivity index (χ0v) is 21.0. The summed E-state index contributed by atoms with van der Waals surface area (Å²) in [6.07, 6.45) is 1.73. The van der Waals surface area contributed by atoms with Crippen molar-refractivity contribution in [2.75, 3.05) is 31.1 Å². The van der Waals surface area contributed by atoms with Gasteiger partial charge in [-0.3, -0.25) is 4.98 Å². The van der Waals surface area contributed by atoms with Crippen LogP contribution >= 0.6 is 11.8 Å². The fourth-order valence-corrected chi connectivity index (χ4v) is 7.44. The minimum absolute atomic E-state index is 0.112. The summed E-state index contributed by atoms with van der Waals surface area (Å²) in [5.74, 6) is 0.856. The van der Waals surface area contributed by atoms with E-state index in [4.69, 9.17) is 4.63 Å². The Morgan fingerprint density at radius 3 is 2.50 bits per heavy atom. The summed E-state index contributed by atoms with van der Waals surface area (Å²) in [5.41, 5.74) is 2.37. The van der Waals surface area contributed by atoms with E-state index in [-0.39, 0.29) is 10.4 Å². The monoisotopic (exact) mass is 518 g/mol. The molecule has 0 spiro atoms. The molecule has 1 aliphatic heterocycles. The molecule has 9 nitrogen and oxygen atoms in total. The van der Waals surface area contributed by atoms with Gasteiger partial charge in [0.05, 0.1) is 5.52 Å². The highest BCUT2D eigenvalue weighted by atomic mass is 32.2. The highest BCUT2D eigenvalue weighted by molar-refractivity contribution is 8.00. The van der Waals surface area contributed by atoms with Crippen molar-refractivity contribution in [3.8, 4) is 0 Å². The fraction of sp³-hybridized carbons (Fsp3) is 0.200. The van der Waals surface area contributed by atoms with E-state index in [1.165, 1.54) is 16.1 Å². The Balaban J connectivity index is 1.36.